The Hall–Kier alpha value is -3.13. The first-order valence-corrected chi connectivity index (χ1v) is 7.94. The van der Waals surface area contributed by atoms with E-state index in [0.29, 0.717) is 6.61 Å². The van der Waals surface area contributed by atoms with Crippen molar-refractivity contribution in [1.29, 1.82) is 5.26 Å². The van der Waals surface area contributed by atoms with Crippen LogP contribution in [0, 0.1) is 17.1 Å². The molecule has 0 radical (unpaired) electrons. The third kappa shape index (κ3) is 5.78. The maximum absolute atomic E-state index is 13.5. The molecule has 0 aromatic heterocycles. The number of hydrogen-bond donors (Lipinski definition) is 0. The average Bonchev–Trinajstić information content (AvgIpc) is 2.61. The highest BCUT2D eigenvalue weighted by Crippen LogP contribution is 2.17. The molecule has 0 N–H and O–H groups in total. The van der Waals surface area contributed by atoms with Crippen LogP contribution in [0.25, 0.3) is 6.08 Å². The van der Waals surface area contributed by atoms with Gasteiger partial charge in [0.2, 0.25) is 0 Å². The summed E-state index contributed by atoms with van der Waals surface area (Å²) in [7, 11) is 0. The first kappa shape index (κ1) is 18.2. The van der Waals surface area contributed by atoms with E-state index in [0.717, 1.165) is 30.2 Å². The van der Waals surface area contributed by atoms with Crippen molar-refractivity contribution in [3.05, 3.63) is 65.5 Å². The lowest BCUT2D eigenvalue weighted by molar-refractivity contribution is -0.128. The van der Waals surface area contributed by atoms with Gasteiger partial charge in [0.05, 0.1) is 12.2 Å². The summed E-state index contributed by atoms with van der Waals surface area (Å²) in [6, 6.07) is 12.7. The van der Waals surface area contributed by atoms with E-state index in [2.05, 4.69) is 6.92 Å². The first-order chi connectivity index (χ1) is 12.1. The fraction of sp³-hybridized carbons (Fsp3) is 0.200. The Morgan fingerprint density at radius 3 is 2.56 bits per heavy atom. The van der Waals surface area contributed by atoms with Gasteiger partial charge in [0.1, 0.15) is 23.4 Å². The lowest BCUT2D eigenvalue weighted by Gasteiger charge is -2.05. The van der Waals surface area contributed by atoms with Gasteiger partial charge in [-0.1, -0.05) is 25.5 Å². The Bertz CT molecular complexity index is 792. The van der Waals surface area contributed by atoms with Crippen molar-refractivity contribution in [2.24, 2.45) is 0 Å². The smallest absolute Gasteiger partial charge is 0.336 e. The van der Waals surface area contributed by atoms with Gasteiger partial charge in [-0.2, -0.15) is 5.26 Å². The summed E-state index contributed by atoms with van der Waals surface area (Å²) in [4.78, 5) is 11.8. The number of benzene rings is 2. The zero-order chi connectivity index (χ0) is 18.1. The second kappa shape index (κ2) is 9.24. The highest BCUT2D eigenvalue weighted by Gasteiger charge is 2.06. The maximum atomic E-state index is 13.5. The van der Waals surface area contributed by atoms with Crippen LogP contribution in [0.1, 0.15) is 30.9 Å². The van der Waals surface area contributed by atoms with Crippen LogP contribution < -0.4 is 9.47 Å². The molecule has 0 atom stereocenters. The molecule has 0 saturated heterocycles. The van der Waals surface area contributed by atoms with Crippen molar-refractivity contribution < 1.29 is 18.7 Å². The zero-order valence-corrected chi connectivity index (χ0v) is 13.9. The number of unbranched alkanes of at least 4 members (excludes halogenated alkanes) is 1. The summed E-state index contributed by atoms with van der Waals surface area (Å²) in [6.45, 7) is 2.78. The summed E-state index contributed by atoms with van der Waals surface area (Å²) >= 11 is 0. The van der Waals surface area contributed by atoms with Gasteiger partial charge >= 0.3 is 5.97 Å². The maximum Gasteiger partial charge on any atom is 0.336 e. The molecule has 5 heteroatoms. The summed E-state index contributed by atoms with van der Waals surface area (Å²) in [5, 5.41) is 8.66. The minimum Gasteiger partial charge on any atom is -0.494 e. The number of carbonyl (C=O) groups is 1. The quantitative estimate of drug-likeness (QED) is 0.323. The number of carbonyl (C=O) groups excluding carboxylic acids is 1. The molecule has 0 aliphatic carbocycles. The van der Waals surface area contributed by atoms with Crippen molar-refractivity contribution in [3.63, 3.8) is 0 Å². The Morgan fingerprint density at radius 2 is 1.92 bits per heavy atom. The van der Waals surface area contributed by atoms with Crippen molar-refractivity contribution in [2.45, 2.75) is 19.8 Å². The van der Waals surface area contributed by atoms with Crippen LogP contribution in [0.3, 0.4) is 0 Å². The zero-order valence-electron chi connectivity index (χ0n) is 13.9. The van der Waals surface area contributed by atoms with Gasteiger partial charge in [0.15, 0.2) is 0 Å². The Balaban J connectivity index is 1.91. The van der Waals surface area contributed by atoms with Crippen LogP contribution in [0.15, 0.2) is 48.5 Å². The van der Waals surface area contributed by atoms with Crippen molar-refractivity contribution in [1.82, 2.24) is 0 Å². The van der Waals surface area contributed by atoms with Gasteiger partial charge in [-0.25, -0.2) is 9.18 Å². The number of ether oxygens (including phenoxy) is 2. The highest BCUT2D eigenvalue weighted by molar-refractivity contribution is 5.88. The lowest BCUT2D eigenvalue weighted by Crippen LogP contribution is -2.04. The third-order valence-corrected chi connectivity index (χ3v) is 3.34. The molecule has 0 aliphatic rings. The molecule has 2 rings (SSSR count). The van der Waals surface area contributed by atoms with Crippen molar-refractivity contribution in [2.75, 3.05) is 6.61 Å². The number of halogens is 1. The monoisotopic (exact) mass is 339 g/mol. The largest absolute Gasteiger partial charge is 0.494 e. The average molecular weight is 339 g/mol. The number of hydrogen-bond acceptors (Lipinski definition) is 4. The fourth-order valence-electron chi connectivity index (χ4n) is 1.97. The van der Waals surface area contributed by atoms with Crippen LogP contribution in [0.2, 0.25) is 0 Å². The molecule has 0 unspecified atom stereocenters. The summed E-state index contributed by atoms with van der Waals surface area (Å²) in [5.41, 5.74) is 0.711. The number of nitrogens with zero attached hydrogens (tertiary/aromatic N) is 1. The molecule has 128 valence electrons. The van der Waals surface area contributed by atoms with E-state index in [1.165, 1.54) is 18.2 Å². The molecule has 0 heterocycles. The topological polar surface area (TPSA) is 59.3 Å². The molecular weight excluding hydrogens is 321 g/mol. The van der Waals surface area contributed by atoms with E-state index in [1.807, 2.05) is 24.3 Å². The van der Waals surface area contributed by atoms with E-state index in [1.54, 1.807) is 12.1 Å². The van der Waals surface area contributed by atoms with Gasteiger partial charge < -0.3 is 9.47 Å². The predicted octanol–water partition coefficient (Wildman–Crippen LogP) is 4.50. The van der Waals surface area contributed by atoms with Gasteiger partial charge in [-0.15, -0.1) is 0 Å². The number of nitriles is 1. The summed E-state index contributed by atoms with van der Waals surface area (Å²) in [6.07, 6.45) is 4.93. The molecule has 0 fully saturated rings. The fourth-order valence-corrected chi connectivity index (χ4v) is 1.97. The van der Waals surface area contributed by atoms with Crippen LogP contribution in [-0.2, 0) is 4.79 Å². The summed E-state index contributed by atoms with van der Waals surface area (Å²) in [5.74, 6) is -0.533. The first-order valence-electron chi connectivity index (χ1n) is 7.94. The predicted molar refractivity (Wildman–Crippen MR) is 92.6 cm³/mol. The molecule has 4 nitrogen and oxygen atoms in total. The minimum absolute atomic E-state index is 0.0471. The van der Waals surface area contributed by atoms with Crippen LogP contribution in [0.5, 0.6) is 11.5 Å². The number of rotatable bonds is 7. The Morgan fingerprint density at radius 1 is 1.20 bits per heavy atom. The summed E-state index contributed by atoms with van der Waals surface area (Å²) < 4.78 is 24.0. The molecule has 2 aromatic carbocycles. The SMILES string of the molecule is CCCCOc1ccc(/C=C/C(=O)Oc2ccc(C#N)c(F)c2)cc1. The lowest BCUT2D eigenvalue weighted by atomic mass is 10.2. The molecular formula is C20H18FNO3. The molecule has 25 heavy (non-hydrogen) atoms. The van der Waals surface area contributed by atoms with Crippen molar-refractivity contribution >= 4 is 12.0 Å². The Kier molecular flexibility index (Phi) is 6.73. The molecule has 0 spiro atoms. The van der Waals surface area contributed by atoms with Crippen molar-refractivity contribution in [3.8, 4) is 17.6 Å². The van der Waals surface area contributed by atoms with E-state index in [4.69, 9.17) is 14.7 Å². The van der Waals surface area contributed by atoms with Crippen LogP contribution in [0.4, 0.5) is 4.39 Å². The van der Waals surface area contributed by atoms with E-state index >= 15 is 0 Å². The van der Waals surface area contributed by atoms with E-state index < -0.39 is 11.8 Å². The Labute approximate surface area is 146 Å². The van der Waals surface area contributed by atoms with Crippen LogP contribution in [-0.4, -0.2) is 12.6 Å². The van der Waals surface area contributed by atoms with Gasteiger partial charge in [-0.05, 0) is 42.3 Å². The van der Waals surface area contributed by atoms with Gasteiger partial charge in [-0.3, -0.25) is 0 Å². The molecule has 0 saturated carbocycles. The van der Waals surface area contributed by atoms with Gasteiger partial charge in [0.25, 0.3) is 0 Å². The standard InChI is InChI=1S/C20H18FNO3/c1-2-3-12-24-17-8-4-15(5-9-17)6-11-20(23)25-18-10-7-16(14-22)19(21)13-18/h4-11,13H,2-3,12H2,1H3/b11-6+. The minimum atomic E-state index is -0.726. The highest BCUT2D eigenvalue weighted by atomic mass is 19.1. The normalized spacial score (nSPS) is 10.4. The van der Waals surface area contributed by atoms with Gasteiger partial charge in [0, 0.05) is 12.1 Å². The molecule has 0 bridgehead atoms. The molecule has 0 amide bonds. The van der Waals surface area contributed by atoms with Crippen LogP contribution >= 0.6 is 0 Å². The second-order valence-corrected chi connectivity index (χ2v) is 5.28. The number of esters is 1. The van der Waals surface area contributed by atoms with E-state index in [-0.39, 0.29) is 11.3 Å². The molecule has 0 aliphatic heterocycles. The second-order valence-electron chi connectivity index (χ2n) is 5.28. The molecule has 2 aromatic rings. The van der Waals surface area contributed by atoms with E-state index in [9.17, 15) is 9.18 Å². The third-order valence-electron chi connectivity index (χ3n) is 3.34.